The first kappa shape index (κ1) is 13.4. The molecule has 0 saturated carbocycles. The third-order valence-electron chi connectivity index (χ3n) is 2.81. The van der Waals surface area contributed by atoms with Gasteiger partial charge < -0.3 is 10.6 Å². The second-order valence-electron chi connectivity index (χ2n) is 4.07. The largest absolute Gasteiger partial charge is 0.342 e. The number of hydrogen-bond donors (Lipinski definition) is 1. The first-order chi connectivity index (χ1) is 6.63. The normalized spacial score (nSPS) is 17.7. The van der Waals surface area contributed by atoms with Crippen molar-refractivity contribution in [3.8, 4) is 0 Å². The van der Waals surface area contributed by atoms with Gasteiger partial charge in [0.1, 0.15) is 0 Å². The minimum atomic E-state index is 0.197. The van der Waals surface area contributed by atoms with Crippen molar-refractivity contribution in [1.29, 1.82) is 0 Å². The highest BCUT2D eigenvalue weighted by atomic mass is 16.2. The number of rotatable bonds is 2. The molecule has 14 heavy (non-hydrogen) atoms. The molecule has 0 aliphatic carbocycles. The van der Waals surface area contributed by atoms with Crippen molar-refractivity contribution < 1.29 is 4.79 Å². The fraction of sp³-hybridized carbons (Fsp3) is 0.909. The van der Waals surface area contributed by atoms with Crippen molar-refractivity contribution in [3.05, 3.63) is 0 Å². The Morgan fingerprint density at radius 3 is 1.93 bits per heavy atom. The molecule has 0 aromatic heterocycles. The summed E-state index contributed by atoms with van der Waals surface area (Å²) in [5, 5.41) is 0. The lowest BCUT2D eigenvalue weighted by molar-refractivity contribution is -0.135. The van der Waals surface area contributed by atoms with E-state index in [4.69, 9.17) is 0 Å². The summed E-state index contributed by atoms with van der Waals surface area (Å²) in [6.45, 7) is 8.22. The molecule has 1 rings (SSSR count). The second-order valence-corrected chi connectivity index (χ2v) is 4.07. The number of carbonyl (C=O) groups excluding carboxylic acids is 1. The number of amides is 1. The molecule has 1 amide bonds. The zero-order valence-corrected chi connectivity index (χ0v) is 9.92. The second kappa shape index (κ2) is 6.82. The molecular weight excluding hydrogens is 176 g/mol. The average Bonchev–Trinajstić information content (AvgIpc) is 2.71. The van der Waals surface area contributed by atoms with E-state index >= 15 is 0 Å². The van der Waals surface area contributed by atoms with E-state index in [9.17, 15) is 4.79 Å². The average molecular weight is 200 g/mol. The zero-order chi connectivity index (χ0) is 11.1. The monoisotopic (exact) mass is 200 g/mol. The van der Waals surface area contributed by atoms with Crippen molar-refractivity contribution >= 4 is 5.91 Å². The van der Waals surface area contributed by atoms with Crippen LogP contribution in [0.25, 0.3) is 0 Å². The number of carbonyl (C=O) groups is 1. The fourth-order valence-electron chi connectivity index (χ4n) is 1.51. The molecule has 0 spiro atoms. The van der Waals surface area contributed by atoms with Gasteiger partial charge in [-0.3, -0.25) is 4.79 Å². The number of likely N-dealkylation sites (tertiary alicyclic amines) is 1. The molecule has 1 atom stereocenters. The summed E-state index contributed by atoms with van der Waals surface area (Å²) in [6, 6.07) is 0. The molecular formula is C11H24N2O. The van der Waals surface area contributed by atoms with Gasteiger partial charge in [-0.05, 0) is 25.8 Å². The van der Waals surface area contributed by atoms with Crippen molar-refractivity contribution in [1.82, 2.24) is 4.90 Å². The van der Waals surface area contributed by atoms with Crippen molar-refractivity contribution in [2.24, 2.45) is 17.6 Å². The van der Waals surface area contributed by atoms with Gasteiger partial charge in [0.2, 0.25) is 5.91 Å². The van der Waals surface area contributed by atoms with Crippen LogP contribution in [0, 0.1) is 11.8 Å². The molecule has 2 N–H and O–H groups in total. The van der Waals surface area contributed by atoms with E-state index in [0.717, 1.165) is 13.1 Å². The Labute approximate surface area is 87.6 Å². The topological polar surface area (TPSA) is 46.3 Å². The molecule has 0 unspecified atom stereocenters. The van der Waals surface area contributed by atoms with Gasteiger partial charge in [-0.15, -0.1) is 0 Å². The van der Waals surface area contributed by atoms with Gasteiger partial charge in [0, 0.05) is 19.0 Å². The Hall–Kier alpha value is -0.570. The minimum absolute atomic E-state index is 0.197. The molecule has 1 aliphatic rings. The lowest BCUT2D eigenvalue weighted by Gasteiger charge is -2.22. The van der Waals surface area contributed by atoms with Crippen molar-refractivity contribution in [3.63, 3.8) is 0 Å². The smallest absolute Gasteiger partial charge is 0.225 e. The Morgan fingerprint density at radius 2 is 1.57 bits per heavy atom. The van der Waals surface area contributed by atoms with Crippen LogP contribution >= 0.6 is 0 Å². The maximum absolute atomic E-state index is 11.7. The van der Waals surface area contributed by atoms with Gasteiger partial charge >= 0.3 is 0 Å². The van der Waals surface area contributed by atoms with Crippen molar-refractivity contribution in [2.45, 2.75) is 33.6 Å². The van der Waals surface area contributed by atoms with Gasteiger partial charge in [-0.25, -0.2) is 0 Å². The highest BCUT2D eigenvalue weighted by molar-refractivity contribution is 5.78. The molecule has 1 aliphatic heterocycles. The standard InChI is InChI=1S/C10H19NO.CH5N/c1-8(2)9(3)10(12)11-6-4-5-7-11;1-2/h8-9H,4-7H2,1-3H3;2H2,1H3/t9-;/m1./s1. The Bertz CT molecular complexity index is 159. The highest BCUT2D eigenvalue weighted by Crippen LogP contribution is 2.17. The molecule has 0 aromatic rings. The number of hydrogen-bond acceptors (Lipinski definition) is 2. The Kier molecular flexibility index (Phi) is 6.54. The number of nitrogens with two attached hydrogens (primary N) is 1. The molecule has 1 fully saturated rings. The third-order valence-corrected chi connectivity index (χ3v) is 2.81. The first-order valence-corrected chi connectivity index (χ1v) is 5.49. The fourth-order valence-corrected chi connectivity index (χ4v) is 1.51. The lowest BCUT2D eigenvalue weighted by Crippen LogP contribution is -2.34. The van der Waals surface area contributed by atoms with E-state index in [-0.39, 0.29) is 5.92 Å². The summed E-state index contributed by atoms with van der Waals surface area (Å²) in [4.78, 5) is 13.7. The van der Waals surface area contributed by atoms with Crippen molar-refractivity contribution in [2.75, 3.05) is 20.1 Å². The van der Waals surface area contributed by atoms with Crippen LogP contribution < -0.4 is 5.73 Å². The Balaban J connectivity index is 0.000000791. The minimum Gasteiger partial charge on any atom is -0.342 e. The van der Waals surface area contributed by atoms with E-state index in [2.05, 4.69) is 19.6 Å². The quantitative estimate of drug-likeness (QED) is 0.734. The van der Waals surface area contributed by atoms with Crippen LogP contribution in [-0.4, -0.2) is 30.9 Å². The van der Waals surface area contributed by atoms with Crippen LogP contribution in [-0.2, 0) is 4.79 Å². The predicted octanol–water partition coefficient (Wildman–Crippen LogP) is 1.48. The van der Waals surface area contributed by atoms with Crippen LogP contribution in [0.5, 0.6) is 0 Å². The van der Waals surface area contributed by atoms with E-state index in [1.807, 2.05) is 11.8 Å². The highest BCUT2D eigenvalue weighted by Gasteiger charge is 2.24. The summed E-state index contributed by atoms with van der Waals surface area (Å²) < 4.78 is 0. The molecule has 3 nitrogen and oxygen atoms in total. The molecule has 3 heteroatoms. The van der Waals surface area contributed by atoms with Crippen LogP contribution in [0.15, 0.2) is 0 Å². The van der Waals surface area contributed by atoms with Crippen LogP contribution in [0.3, 0.4) is 0 Å². The molecule has 1 saturated heterocycles. The van der Waals surface area contributed by atoms with Crippen LogP contribution in [0.4, 0.5) is 0 Å². The summed E-state index contributed by atoms with van der Waals surface area (Å²) in [6.07, 6.45) is 2.38. The summed E-state index contributed by atoms with van der Waals surface area (Å²) in [5.74, 6) is 1.02. The van der Waals surface area contributed by atoms with Crippen LogP contribution in [0.2, 0.25) is 0 Å². The van der Waals surface area contributed by atoms with Gasteiger partial charge in [0.25, 0.3) is 0 Å². The lowest BCUT2D eigenvalue weighted by atomic mass is 9.97. The van der Waals surface area contributed by atoms with E-state index < -0.39 is 0 Å². The van der Waals surface area contributed by atoms with Gasteiger partial charge in [-0.1, -0.05) is 20.8 Å². The Morgan fingerprint density at radius 1 is 1.14 bits per heavy atom. The molecule has 84 valence electrons. The molecule has 1 heterocycles. The van der Waals surface area contributed by atoms with E-state index in [0.29, 0.717) is 11.8 Å². The van der Waals surface area contributed by atoms with E-state index in [1.165, 1.54) is 19.9 Å². The number of nitrogens with zero attached hydrogens (tertiary/aromatic N) is 1. The van der Waals surface area contributed by atoms with E-state index in [1.54, 1.807) is 0 Å². The van der Waals surface area contributed by atoms with Crippen LogP contribution in [0.1, 0.15) is 33.6 Å². The molecule has 0 radical (unpaired) electrons. The third kappa shape index (κ3) is 3.66. The summed E-state index contributed by atoms with van der Waals surface area (Å²) >= 11 is 0. The predicted molar refractivity (Wildman–Crippen MR) is 59.9 cm³/mol. The summed E-state index contributed by atoms with van der Waals surface area (Å²) in [7, 11) is 1.50. The maximum Gasteiger partial charge on any atom is 0.225 e. The summed E-state index contributed by atoms with van der Waals surface area (Å²) in [5.41, 5.74) is 4.50. The maximum atomic E-state index is 11.7. The zero-order valence-electron chi connectivity index (χ0n) is 9.92. The SMILES string of the molecule is CC(C)[C@@H](C)C(=O)N1CCCC1.CN. The van der Waals surface area contributed by atoms with Gasteiger partial charge in [0.15, 0.2) is 0 Å². The first-order valence-electron chi connectivity index (χ1n) is 5.49. The van der Waals surface area contributed by atoms with Gasteiger partial charge in [-0.2, -0.15) is 0 Å². The molecule has 0 bridgehead atoms. The molecule has 0 aromatic carbocycles. The van der Waals surface area contributed by atoms with Gasteiger partial charge in [0.05, 0.1) is 0 Å².